The van der Waals surface area contributed by atoms with Crippen LogP contribution in [0.1, 0.15) is 72.0 Å². The van der Waals surface area contributed by atoms with Crippen LogP contribution in [0.15, 0.2) is 82.4 Å². The number of rotatable bonds is 6. The zero-order valence-corrected chi connectivity index (χ0v) is 24.3. The van der Waals surface area contributed by atoms with Gasteiger partial charge in [-0.05, 0) is 77.9 Å². The average Bonchev–Trinajstić information content (AvgIpc) is 3.70. The highest BCUT2D eigenvalue weighted by molar-refractivity contribution is 7.12. The Kier molecular flexibility index (Phi) is 7.04. The van der Waals surface area contributed by atoms with Crippen LogP contribution in [0, 0.1) is 0 Å². The number of hydrogen-bond donors (Lipinski definition) is 0. The van der Waals surface area contributed by atoms with E-state index in [0.717, 1.165) is 49.9 Å². The van der Waals surface area contributed by atoms with Crippen LogP contribution in [0.3, 0.4) is 0 Å². The number of fused-ring (bicyclic) bond motifs is 4. The molecule has 0 spiro atoms. The molecule has 0 fully saturated rings. The first kappa shape index (κ1) is 27.3. The van der Waals surface area contributed by atoms with Crippen molar-refractivity contribution >= 4 is 62.3 Å². The van der Waals surface area contributed by atoms with Gasteiger partial charge in [0.25, 0.3) is 0 Å². The number of ketones is 1. The smallest absolute Gasteiger partial charge is 0.318 e. The van der Waals surface area contributed by atoms with Crippen molar-refractivity contribution in [1.82, 2.24) is 4.57 Å². The number of benzene rings is 3. The Bertz CT molecular complexity index is 1950. The van der Waals surface area contributed by atoms with Gasteiger partial charge in [0, 0.05) is 47.9 Å². The maximum absolute atomic E-state index is 13.3. The summed E-state index contributed by atoms with van der Waals surface area (Å²) in [6.07, 6.45) is 0.658. The first-order valence-corrected chi connectivity index (χ1v) is 14.4. The molecule has 0 amide bonds. The minimum absolute atomic E-state index is 0.0217. The van der Waals surface area contributed by atoms with Crippen molar-refractivity contribution in [2.45, 2.75) is 40.0 Å². The molecule has 9 heteroatoms. The van der Waals surface area contributed by atoms with E-state index in [9.17, 15) is 14.4 Å². The fourth-order valence-electron chi connectivity index (χ4n) is 5.46. The predicted octanol–water partition coefficient (Wildman–Crippen LogP) is 7.14. The topological polar surface area (TPSA) is 99.3 Å². The summed E-state index contributed by atoms with van der Waals surface area (Å²) >= 11 is 1.42. The van der Waals surface area contributed by atoms with Crippen LogP contribution in [0.2, 0.25) is 0 Å². The van der Waals surface area contributed by atoms with Gasteiger partial charge in [-0.25, -0.2) is 9.59 Å². The van der Waals surface area contributed by atoms with Gasteiger partial charge in [-0.15, -0.1) is 11.3 Å². The Morgan fingerprint density at radius 3 is 2.26 bits per heavy atom. The van der Waals surface area contributed by atoms with Gasteiger partial charge in [-0.1, -0.05) is 35.4 Å². The first-order valence-electron chi connectivity index (χ1n) is 13.5. The number of carbonyl (C=O) groups excluding carboxylic acids is 3. The maximum Gasteiger partial charge on any atom is 0.331 e. The van der Waals surface area contributed by atoms with Crippen molar-refractivity contribution in [1.29, 1.82) is 0 Å². The van der Waals surface area contributed by atoms with Gasteiger partial charge in [0.05, 0.1) is 27.3 Å². The molecular formula is C33H27N3O5S. The number of nitrogens with zero attached hydrogens (tertiary/aromatic N) is 3. The molecule has 1 aliphatic rings. The second-order valence-corrected chi connectivity index (χ2v) is 11.3. The summed E-state index contributed by atoms with van der Waals surface area (Å²) in [7, 11) is 0. The zero-order valence-electron chi connectivity index (χ0n) is 23.5. The maximum atomic E-state index is 13.3. The Morgan fingerprint density at radius 2 is 1.57 bits per heavy atom. The molecule has 1 aliphatic carbocycles. The summed E-state index contributed by atoms with van der Waals surface area (Å²) in [5.41, 5.74) is 7.67. The van der Waals surface area contributed by atoms with Gasteiger partial charge >= 0.3 is 11.9 Å². The zero-order chi connectivity index (χ0) is 29.5. The molecule has 0 radical (unpaired) electrons. The van der Waals surface area contributed by atoms with Gasteiger partial charge in [0.15, 0.2) is 0 Å². The molecule has 3 aromatic carbocycles. The molecule has 8 nitrogen and oxygen atoms in total. The van der Waals surface area contributed by atoms with E-state index >= 15 is 0 Å². The molecule has 0 saturated heterocycles. The van der Waals surface area contributed by atoms with Crippen LogP contribution in [-0.4, -0.2) is 33.7 Å². The molecule has 0 saturated carbocycles. The molecule has 42 heavy (non-hydrogen) atoms. The van der Waals surface area contributed by atoms with E-state index in [2.05, 4.69) is 33.9 Å². The summed E-state index contributed by atoms with van der Waals surface area (Å²) in [5, 5.41) is 11.9. The summed E-state index contributed by atoms with van der Waals surface area (Å²) in [4.78, 5) is 46.5. The lowest BCUT2D eigenvalue weighted by Crippen LogP contribution is -2.01. The van der Waals surface area contributed by atoms with Crippen molar-refractivity contribution in [3.05, 3.63) is 99.2 Å². The van der Waals surface area contributed by atoms with Crippen LogP contribution < -0.4 is 0 Å². The van der Waals surface area contributed by atoms with E-state index in [1.54, 1.807) is 6.92 Å². The molecule has 210 valence electrons. The summed E-state index contributed by atoms with van der Waals surface area (Å²) < 4.78 is 2.18. The summed E-state index contributed by atoms with van der Waals surface area (Å²) in [5.74, 6) is -0.777. The molecule has 0 N–H and O–H groups in total. The van der Waals surface area contributed by atoms with Crippen LogP contribution in [0.5, 0.6) is 0 Å². The van der Waals surface area contributed by atoms with Crippen LogP contribution in [-0.2, 0) is 19.3 Å². The Morgan fingerprint density at radius 1 is 0.857 bits per heavy atom. The van der Waals surface area contributed by atoms with Gasteiger partial charge in [-0.2, -0.15) is 0 Å². The number of thiophene rings is 1. The Balaban J connectivity index is 1.55. The van der Waals surface area contributed by atoms with E-state index < -0.39 is 11.9 Å². The van der Waals surface area contributed by atoms with Crippen molar-refractivity contribution < 1.29 is 24.1 Å². The largest absolute Gasteiger partial charge is 0.331 e. The molecule has 1 atom stereocenters. The molecule has 2 aromatic heterocycles. The van der Waals surface area contributed by atoms with E-state index in [0.29, 0.717) is 22.6 Å². The monoisotopic (exact) mass is 577 g/mol. The van der Waals surface area contributed by atoms with Gasteiger partial charge in [0.2, 0.25) is 5.78 Å². The molecule has 6 rings (SSSR count). The average molecular weight is 578 g/mol. The van der Waals surface area contributed by atoms with Crippen molar-refractivity contribution in [3.8, 4) is 5.69 Å². The van der Waals surface area contributed by atoms with E-state index in [1.807, 2.05) is 60.0 Å². The van der Waals surface area contributed by atoms with Gasteiger partial charge in [0.1, 0.15) is 0 Å². The van der Waals surface area contributed by atoms with E-state index in [1.165, 1.54) is 25.2 Å². The third kappa shape index (κ3) is 4.92. The summed E-state index contributed by atoms with van der Waals surface area (Å²) in [6.45, 7) is 6.56. The lowest BCUT2D eigenvalue weighted by molar-refractivity contribution is -0.141. The van der Waals surface area contributed by atoms with Crippen molar-refractivity contribution in [2.75, 3.05) is 0 Å². The number of oxime groups is 2. The van der Waals surface area contributed by atoms with Crippen molar-refractivity contribution in [2.24, 2.45) is 10.3 Å². The van der Waals surface area contributed by atoms with E-state index in [4.69, 9.17) is 9.68 Å². The van der Waals surface area contributed by atoms with Gasteiger partial charge < -0.3 is 14.2 Å². The molecule has 2 heterocycles. The predicted molar refractivity (Wildman–Crippen MR) is 164 cm³/mol. The highest BCUT2D eigenvalue weighted by atomic mass is 32.1. The summed E-state index contributed by atoms with van der Waals surface area (Å²) in [6, 6.07) is 21.6. The van der Waals surface area contributed by atoms with Gasteiger partial charge in [-0.3, -0.25) is 4.79 Å². The standard InChI is InChI=1S/C33H27N3O5S/c1-18-14-29(35-41-21(4)38)26-16-28-27-15-23(33(39)32-6-5-13-42-32)9-12-30(27)36(31(28)17-25(18)26)24-10-7-22(8-11-24)19(2)34-40-20(3)37/h5-13,15-18H,14H2,1-4H3. The number of carbonyl (C=O) groups is 3. The molecule has 0 bridgehead atoms. The van der Waals surface area contributed by atoms with E-state index in [-0.39, 0.29) is 11.7 Å². The van der Waals surface area contributed by atoms with Crippen molar-refractivity contribution in [3.63, 3.8) is 0 Å². The highest BCUT2D eigenvalue weighted by Gasteiger charge is 2.28. The second-order valence-electron chi connectivity index (χ2n) is 10.4. The van der Waals surface area contributed by atoms with Crippen LogP contribution in [0.25, 0.3) is 27.5 Å². The number of hydrogen-bond acceptors (Lipinski definition) is 8. The fourth-order valence-corrected chi connectivity index (χ4v) is 6.15. The molecular weight excluding hydrogens is 550 g/mol. The molecule has 1 unspecified atom stereocenters. The minimum atomic E-state index is -0.476. The third-order valence-corrected chi connectivity index (χ3v) is 8.29. The van der Waals surface area contributed by atoms with Crippen LogP contribution in [0.4, 0.5) is 0 Å². The highest BCUT2D eigenvalue weighted by Crippen LogP contribution is 2.41. The quantitative estimate of drug-likeness (QED) is 0.0925. The minimum Gasteiger partial charge on any atom is -0.318 e. The first-order chi connectivity index (χ1) is 20.2. The number of aromatic nitrogens is 1. The molecule has 0 aliphatic heterocycles. The Labute approximate surface area is 245 Å². The third-order valence-electron chi connectivity index (χ3n) is 7.42. The Hall–Kier alpha value is -4.89. The SMILES string of the molecule is CC(=O)ON=C(C)c1ccc(-n2c3ccc(C(=O)c4cccs4)cc3c3cc4c(cc32)C(C)CC4=NOC(C)=O)cc1. The molecule has 5 aromatic rings. The van der Waals surface area contributed by atoms with Crippen LogP contribution >= 0.6 is 11.3 Å². The normalized spacial score (nSPS) is 15.8. The lowest BCUT2D eigenvalue weighted by atomic mass is 10.00. The lowest BCUT2D eigenvalue weighted by Gasteiger charge is -2.11. The second kappa shape index (κ2) is 10.8. The fraction of sp³-hybridized carbons (Fsp3) is 0.182.